The third-order valence-electron chi connectivity index (χ3n) is 4.71. The Labute approximate surface area is 171 Å². The van der Waals surface area contributed by atoms with Crippen molar-refractivity contribution in [2.75, 3.05) is 42.8 Å². The number of hydrogen-bond donors (Lipinski definition) is 2. The van der Waals surface area contributed by atoms with Crippen molar-refractivity contribution in [2.24, 2.45) is 0 Å². The Morgan fingerprint density at radius 1 is 1.43 bits per heavy atom. The highest BCUT2D eigenvalue weighted by atomic mass is 35.5. The monoisotopic (exact) mass is 415 g/mol. The van der Waals surface area contributed by atoms with Crippen molar-refractivity contribution >= 4 is 29.1 Å². The van der Waals surface area contributed by atoms with Gasteiger partial charge in [-0.2, -0.15) is 0 Å². The Kier molecular flexibility index (Phi) is 7.78. The van der Waals surface area contributed by atoms with E-state index < -0.39 is 11.7 Å². The highest BCUT2D eigenvalue weighted by Gasteiger charge is 2.29. The largest absolute Gasteiger partial charge is 0.444 e. The van der Waals surface area contributed by atoms with Crippen LogP contribution in [0.5, 0.6) is 0 Å². The molecule has 0 spiro atoms. The first-order valence-electron chi connectivity index (χ1n) is 9.59. The van der Waals surface area contributed by atoms with Crippen LogP contribution in [0.2, 0.25) is 0 Å². The first kappa shape index (κ1) is 22.6. The van der Waals surface area contributed by atoms with Crippen molar-refractivity contribution in [2.45, 2.75) is 51.4 Å². The molecule has 0 aromatic heterocycles. The molecule has 1 atom stereocenters. The molecule has 2 N–H and O–H groups in total. The Balaban J connectivity index is 1.92. The molecule has 28 heavy (non-hydrogen) atoms. The average Bonchev–Trinajstić information content (AvgIpc) is 2.64. The molecule has 1 amide bonds. The molecule has 1 aromatic rings. The minimum absolute atomic E-state index is 0.123. The number of nitrogens with zero attached hydrogens (tertiary/aromatic N) is 2. The van der Waals surface area contributed by atoms with Crippen LogP contribution in [-0.2, 0) is 4.74 Å². The average molecular weight is 416 g/mol. The molecule has 1 aromatic carbocycles. The van der Waals surface area contributed by atoms with E-state index >= 15 is 0 Å². The van der Waals surface area contributed by atoms with Gasteiger partial charge in [-0.05, 0) is 51.8 Å². The van der Waals surface area contributed by atoms with E-state index in [2.05, 4.69) is 5.32 Å². The molecule has 158 valence electrons. The Morgan fingerprint density at radius 2 is 2.07 bits per heavy atom. The number of rotatable bonds is 6. The lowest BCUT2D eigenvalue weighted by molar-refractivity contribution is 0.0205. The highest BCUT2D eigenvalue weighted by molar-refractivity contribution is 6.18. The van der Waals surface area contributed by atoms with Crippen LogP contribution >= 0.6 is 11.6 Å². The van der Waals surface area contributed by atoms with Crippen LogP contribution in [0.1, 0.15) is 33.6 Å². The predicted octanol–water partition coefficient (Wildman–Crippen LogP) is 3.67. The molecule has 1 heterocycles. The first-order valence-corrected chi connectivity index (χ1v) is 10.1. The smallest absolute Gasteiger partial charge is 0.410 e. The summed E-state index contributed by atoms with van der Waals surface area (Å²) in [5, 5.41) is 12.5. The minimum atomic E-state index is -0.678. The van der Waals surface area contributed by atoms with Gasteiger partial charge < -0.3 is 25.0 Å². The molecule has 0 radical (unpaired) electrons. The molecule has 0 aliphatic carbocycles. The molecule has 1 fully saturated rings. The van der Waals surface area contributed by atoms with Crippen molar-refractivity contribution in [3.05, 3.63) is 24.0 Å². The van der Waals surface area contributed by atoms with Gasteiger partial charge >= 0.3 is 6.09 Å². The maximum Gasteiger partial charge on any atom is 0.410 e. The molecule has 2 rings (SSSR count). The molecule has 8 heteroatoms. The topological polar surface area (TPSA) is 65.0 Å². The normalized spacial score (nSPS) is 16.6. The lowest BCUT2D eigenvalue weighted by atomic mass is 10.0. The number of benzene rings is 1. The Hall–Kier alpha value is -1.73. The lowest BCUT2D eigenvalue weighted by Crippen LogP contribution is -2.47. The van der Waals surface area contributed by atoms with Crippen LogP contribution in [-0.4, -0.2) is 66.4 Å². The standard InChI is InChI=1S/C20H31ClFN3O3/c1-20(2,3)28-19(27)25-9-7-15(8-10-25)24(4)18-6-5-14(11-17(18)22)23-13-16(26)12-21/h5-6,11,15-16,23,26H,7-10,12-13H2,1-4H3. The summed E-state index contributed by atoms with van der Waals surface area (Å²) in [5.74, 6) is -0.208. The molecule has 6 nitrogen and oxygen atoms in total. The first-order chi connectivity index (χ1) is 13.1. The fourth-order valence-corrected chi connectivity index (χ4v) is 3.26. The van der Waals surface area contributed by atoms with Crippen LogP contribution in [0, 0.1) is 5.82 Å². The van der Waals surface area contributed by atoms with Gasteiger partial charge in [0.25, 0.3) is 0 Å². The number of likely N-dealkylation sites (tertiary alicyclic amines) is 1. The van der Waals surface area contributed by atoms with E-state index in [0.717, 1.165) is 12.8 Å². The Bertz CT molecular complexity index is 661. The summed E-state index contributed by atoms with van der Waals surface area (Å²) < 4.78 is 20.0. The quantitative estimate of drug-likeness (QED) is 0.694. The summed E-state index contributed by atoms with van der Waals surface area (Å²) >= 11 is 5.56. The maximum absolute atomic E-state index is 14.6. The third kappa shape index (κ3) is 6.41. The summed E-state index contributed by atoms with van der Waals surface area (Å²) in [6, 6.07) is 5.07. The van der Waals surface area contributed by atoms with Gasteiger partial charge in [-0.25, -0.2) is 9.18 Å². The summed E-state index contributed by atoms with van der Waals surface area (Å²) in [6.07, 6.45) is 0.519. The summed E-state index contributed by atoms with van der Waals surface area (Å²) in [7, 11) is 1.87. The number of carbonyl (C=O) groups is 1. The second kappa shape index (κ2) is 9.65. The summed E-state index contributed by atoms with van der Waals surface area (Å²) in [6.45, 7) is 6.99. The van der Waals surface area contributed by atoms with E-state index in [4.69, 9.17) is 16.3 Å². The predicted molar refractivity (Wildman–Crippen MR) is 111 cm³/mol. The second-order valence-electron chi connectivity index (χ2n) is 8.16. The molecule has 1 aliphatic rings. The van der Waals surface area contributed by atoms with Gasteiger partial charge in [0.15, 0.2) is 0 Å². The van der Waals surface area contributed by atoms with Gasteiger partial charge in [0.2, 0.25) is 0 Å². The van der Waals surface area contributed by atoms with Gasteiger partial charge in [-0.3, -0.25) is 0 Å². The van der Waals surface area contributed by atoms with E-state index in [0.29, 0.717) is 24.5 Å². The third-order valence-corrected chi connectivity index (χ3v) is 5.07. The number of alkyl halides is 1. The molecule has 1 unspecified atom stereocenters. The van der Waals surface area contributed by atoms with Gasteiger partial charge in [0.1, 0.15) is 11.4 Å². The van der Waals surface area contributed by atoms with E-state index in [1.807, 2.05) is 32.7 Å². The van der Waals surface area contributed by atoms with Crippen molar-refractivity contribution in [1.29, 1.82) is 0 Å². The van der Waals surface area contributed by atoms with E-state index in [9.17, 15) is 14.3 Å². The fourth-order valence-electron chi connectivity index (χ4n) is 3.15. The number of anilines is 2. The minimum Gasteiger partial charge on any atom is -0.444 e. The van der Waals surface area contributed by atoms with Crippen molar-refractivity contribution in [3.8, 4) is 0 Å². The molecular weight excluding hydrogens is 385 g/mol. The van der Waals surface area contributed by atoms with Crippen LogP contribution in [0.15, 0.2) is 18.2 Å². The number of halogens is 2. The molecule has 0 saturated carbocycles. The zero-order valence-corrected chi connectivity index (χ0v) is 17.8. The maximum atomic E-state index is 14.6. The van der Waals surface area contributed by atoms with Crippen molar-refractivity contribution in [3.63, 3.8) is 0 Å². The number of aliphatic hydroxyl groups excluding tert-OH is 1. The zero-order valence-electron chi connectivity index (χ0n) is 17.0. The number of nitrogens with one attached hydrogen (secondary N) is 1. The summed E-state index contributed by atoms with van der Waals surface area (Å²) in [5.41, 5.74) is 0.599. The number of piperidine rings is 1. The molecule has 0 bridgehead atoms. The summed E-state index contributed by atoms with van der Waals surface area (Å²) in [4.78, 5) is 15.8. The van der Waals surface area contributed by atoms with E-state index in [1.165, 1.54) is 6.07 Å². The number of ether oxygens (including phenoxy) is 1. The molecular formula is C20H31ClFN3O3. The lowest BCUT2D eigenvalue weighted by Gasteiger charge is -2.38. The number of aliphatic hydroxyl groups is 1. The molecule has 1 aliphatic heterocycles. The van der Waals surface area contributed by atoms with E-state index in [1.54, 1.807) is 17.0 Å². The van der Waals surface area contributed by atoms with Gasteiger partial charge in [0.05, 0.1) is 17.7 Å². The van der Waals surface area contributed by atoms with Gasteiger partial charge in [-0.15, -0.1) is 11.6 Å². The van der Waals surface area contributed by atoms with Crippen LogP contribution in [0.3, 0.4) is 0 Å². The SMILES string of the molecule is CN(c1ccc(NCC(O)CCl)cc1F)C1CCN(C(=O)OC(C)(C)C)CC1. The zero-order chi connectivity index (χ0) is 20.9. The molecule has 1 saturated heterocycles. The number of amides is 1. The fraction of sp³-hybridized carbons (Fsp3) is 0.650. The number of carbonyl (C=O) groups excluding carboxylic acids is 1. The van der Waals surface area contributed by atoms with Crippen molar-refractivity contribution < 1.29 is 19.0 Å². The highest BCUT2D eigenvalue weighted by Crippen LogP contribution is 2.27. The number of hydrogen-bond acceptors (Lipinski definition) is 5. The van der Waals surface area contributed by atoms with Gasteiger partial charge in [0, 0.05) is 38.4 Å². The van der Waals surface area contributed by atoms with Gasteiger partial charge in [-0.1, -0.05) is 0 Å². The van der Waals surface area contributed by atoms with Crippen molar-refractivity contribution in [1.82, 2.24) is 4.90 Å². The van der Waals surface area contributed by atoms with Crippen LogP contribution in [0.4, 0.5) is 20.6 Å². The van der Waals surface area contributed by atoms with E-state index in [-0.39, 0.29) is 30.4 Å². The van der Waals surface area contributed by atoms with Crippen LogP contribution in [0.25, 0.3) is 0 Å². The Morgan fingerprint density at radius 3 is 2.61 bits per heavy atom. The second-order valence-corrected chi connectivity index (χ2v) is 8.47. The van der Waals surface area contributed by atoms with Crippen LogP contribution < -0.4 is 10.2 Å².